The number of alkyl halides is 1. The molecule has 1 aliphatic heterocycles. The lowest BCUT2D eigenvalue weighted by Gasteiger charge is -2.15. The first-order valence-electron chi connectivity index (χ1n) is 3.74. The number of hydrogen-bond donors (Lipinski definition) is 1. The summed E-state index contributed by atoms with van der Waals surface area (Å²) < 4.78 is 18.1. The van der Waals surface area contributed by atoms with E-state index < -0.39 is 11.6 Å². The lowest BCUT2D eigenvalue weighted by Crippen LogP contribution is -2.43. The second-order valence-electron chi connectivity index (χ2n) is 2.63. The van der Waals surface area contributed by atoms with Gasteiger partial charge in [0.25, 0.3) is 5.91 Å². The van der Waals surface area contributed by atoms with Gasteiger partial charge in [0.2, 0.25) is 5.67 Å². The zero-order valence-corrected chi connectivity index (χ0v) is 6.52. The average Bonchev–Trinajstić information content (AvgIpc) is 2.38. The van der Waals surface area contributed by atoms with Gasteiger partial charge >= 0.3 is 0 Å². The normalized spacial score (nSPS) is 30.4. The van der Waals surface area contributed by atoms with Crippen molar-refractivity contribution in [2.24, 2.45) is 0 Å². The van der Waals surface area contributed by atoms with Crippen molar-refractivity contribution >= 4 is 5.91 Å². The highest BCUT2D eigenvalue weighted by atomic mass is 19.1. The fourth-order valence-corrected chi connectivity index (χ4v) is 1.04. The van der Waals surface area contributed by atoms with Gasteiger partial charge in [-0.15, -0.1) is 0 Å². The Balaban J connectivity index is 2.49. The Morgan fingerprint density at radius 3 is 3.00 bits per heavy atom. The second-order valence-corrected chi connectivity index (χ2v) is 2.63. The van der Waals surface area contributed by atoms with Crippen LogP contribution < -0.4 is 5.32 Å². The second kappa shape index (κ2) is 3.17. The number of hydrogen-bond acceptors (Lipinski definition) is 2. The molecule has 1 rings (SSSR count). The van der Waals surface area contributed by atoms with Gasteiger partial charge in [0, 0.05) is 13.0 Å². The molecule has 0 aromatic rings. The number of rotatable bonds is 2. The van der Waals surface area contributed by atoms with Crippen LogP contribution in [0.5, 0.6) is 0 Å². The van der Waals surface area contributed by atoms with Gasteiger partial charge in [0.05, 0.1) is 13.2 Å². The van der Waals surface area contributed by atoms with E-state index in [-0.39, 0.29) is 13.0 Å². The van der Waals surface area contributed by atoms with Crippen molar-refractivity contribution in [3.8, 4) is 0 Å². The molecule has 0 aliphatic carbocycles. The number of carbonyl (C=O) groups is 1. The quantitative estimate of drug-likeness (QED) is 0.630. The summed E-state index contributed by atoms with van der Waals surface area (Å²) in [6.07, 6.45) is 0.179. The summed E-state index contributed by atoms with van der Waals surface area (Å²) >= 11 is 0. The molecule has 1 saturated heterocycles. The molecule has 1 atom stereocenters. The first-order chi connectivity index (χ1) is 5.19. The van der Waals surface area contributed by atoms with Gasteiger partial charge in [-0.3, -0.25) is 4.79 Å². The van der Waals surface area contributed by atoms with Crippen LogP contribution in [0, 0.1) is 0 Å². The van der Waals surface area contributed by atoms with Crippen LogP contribution >= 0.6 is 0 Å². The molecule has 1 unspecified atom stereocenters. The molecule has 1 fully saturated rings. The van der Waals surface area contributed by atoms with E-state index in [0.717, 1.165) is 0 Å². The molecule has 1 N–H and O–H groups in total. The maximum Gasteiger partial charge on any atom is 0.260 e. The Kier molecular flexibility index (Phi) is 2.44. The van der Waals surface area contributed by atoms with E-state index in [1.807, 2.05) is 0 Å². The molecule has 1 heterocycles. The lowest BCUT2D eigenvalue weighted by molar-refractivity contribution is -0.132. The standard InChI is InChI=1S/C7H12FNO2/c1-2-9-6(10)7(8)3-4-11-5-7/h2-5H2,1H3,(H,9,10). The lowest BCUT2D eigenvalue weighted by atomic mass is 10.1. The fraction of sp³-hybridized carbons (Fsp3) is 0.857. The highest BCUT2D eigenvalue weighted by Crippen LogP contribution is 2.22. The van der Waals surface area contributed by atoms with Gasteiger partial charge < -0.3 is 10.1 Å². The van der Waals surface area contributed by atoms with Crippen molar-refractivity contribution in [2.45, 2.75) is 19.0 Å². The maximum absolute atomic E-state index is 13.4. The molecule has 0 spiro atoms. The summed E-state index contributed by atoms with van der Waals surface area (Å²) in [5.74, 6) is -0.544. The Hall–Kier alpha value is -0.640. The molecule has 1 amide bonds. The largest absolute Gasteiger partial charge is 0.377 e. The molecule has 11 heavy (non-hydrogen) atoms. The smallest absolute Gasteiger partial charge is 0.260 e. The van der Waals surface area contributed by atoms with Crippen molar-refractivity contribution < 1.29 is 13.9 Å². The highest BCUT2D eigenvalue weighted by Gasteiger charge is 2.42. The third kappa shape index (κ3) is 1.68. The van der Waals surface area contributed by atoms with Gasteiger partial charge in [0.1, 0.15) is 0 Å². The van der Waals surface area contributed by atoms with E-state index in [4.69, 9.17) is 4.74 Å². The third-order valence-corrected chi connectivity index (χ3v) is 1.72. The van der Waals surface area contributed by atoms with Gasteiger partial charge in [-0.25, -0.2) is 4.39 Å². The Labute approximate surface area is 64.9 Å². The number of halogens is 1. The van der Waals surface area contributed by atoms with E-state index in [1.165, 1.54) is 0 Å². The van der Waals surface area contributed by atoms with E-state index in [9.17, 15) is 9.18 Å². The number of amides is 1. The molecule has 4 heteroatoms. The van der Waals surface area contributed by atoms with Gasteiger partial charge in [-0.05, 0) is 6.92 Å². The molecule has 0 aromatic carbocycles. The van der Waals surface area contributed by atoms with Crippen LogP contribution in [0.4, 0.5) is 4.39 Å². The molecule has 64 valence electrons. The van der Waals surface area contributed by atoms with E-state index in [1.54, 1.807) is 6.92 Å². The Bertz CT molecular complexity index is 155. The van der Waals surface area contributed by atoms with Crippen LogP contribution in [0.25, 0.3) is 0 Å². The third-order valence-electron chi connectivity index (χ3n) is 1.72. The van der Waals surface area contributed by atoms with Crippen LogP contribution in [0.15, 0.2) is 0 Å². The predicted molar refractivity (Wildman–Crippen MR) is 38.0 cm³/mol. The van der Waals surface area contributed by atoms with Crippen LogP contribution in [-0.2, 0) is 9.53 Å². The minimum absolute atomic E-state index is 0.0984. The van der Waals surface area contributed by atoms with E-state index in [0.29, 0.717) is 13.2 Å². The fourth-order valence-electron chi connectivity index (χ4n) is 1.04. The maximum atomic E-state index is 13.4. The van der Waals surface area contributed by atoms with Crippen molar-refractivity contribution in [1.82, 2.24) is 5.32 Å². The minimum Gasteiger partial charge on any atom is -0.377 e. The zero-order valence-electron chi connectivity index (χ0n) is 6.52. The van der Waals surface area contributed by atoms with Gasteiger partial charge in [-0.1, -0.05) is 0 Å². The summed E-state index contributed by atoms with van der Waals surface area (Å²) in [5.41, 5.74) is -1.77. The topological polar surface area (TPSA) is 38.3 Å². The minimum atomic E-state index is -1.77. The zero-order chi connectivity index (χ0) is 8.32. The number of ether oxygens (including phenoxy) is 1. The van der Waals surface area contributed by atoms with Crippen molar-refractivity contribution in [2.75, 3.05) is 19.8 Å². The van der Waals surface area contributed by atoms with Crippen molar-refractivity contribution in [1.29, 1.82) is 0 Å². The summed E-state index contributed by atoms with van der Waals surface area (Å²) in [6.45, 7) is 2.47. The molecule has 0 bridgehead atoms. The first kappa shape index (κ1) is 8.46. The van der Waals surface area contributed by atoms with Crippen molar-refractivity contribution in [3.63, 3.8) is 0 Å². The van der Waals surface area contributed by atoms with Crippen molar-refractivity contribution in [3.05, 3.63) is 0 Å². The molecular weight excluding hydrogens is 149 g/mol. The monoisotopic (exact) mass is 161 g/mol. The van der Waals surface area contributed by atoms with Crippen LogP contribution in [-0.4, -0.2) is 31.3 Å². The predicted octanol–water partition coefficient (Wildman–Crippen LogP) is 0.251. The molecule has 0 radical (unpaired) electrons. The molecule has 0 saturated carbocycles. The van der Waals surface area contributed by atoms with Crippen LogP contribution in [0.2, 0.25) is 0 Å². The molecule has 0 aromatic heterocycles. The van der Waals surface area contributed by atoms with E-state index in [2.05, 4.69) is 5.32 Å². The summed E-state index contributed by atoms with van der Waals surface area (Å²) in [5, 5.41) is 2.43. The average molecular weight is 161 g/mol. The molecular formula is C7H12FNO2. The van der Waals surface area contributed by atoms with Crippen LogP contribution in [0.3, 0.4) is 0 Å². The summed E-state index contributed by atoms with van der Waals surface area (Å²) in [7, 11) is 0. The SMILES string of the molecule is CCNC(=O)C1(F)CCOC1. The number of nitrogens with one attached hydrogen (secondary N) is 1. The summed E-state index contributed by atoms with van der Waals surface area (Å²) in [4.78, 5) is 11.0. The number of carbonyl (C=O) groups excluding carboxylic acids is 1. The van der Waals surface area contributed by atoms with E-state index >= 15 is 0 Å². The Morgan fingerprint density at radius 1 is 1.82 bits per heavy atom. The molecule has 3 nitrogen and oxygen atoms in total. The molecule has 1 aliphatic rings. The summed E-state index contributed by atoms with van der Waals surface area (Å²) in [6, 6.07) is 0. The van der Waals surface area contributed by atoms with Crippen LogP contribution in [0.1, 0.15) is 13.3 Å². The van der Waals surface area contributed by atoms with Gasteiger partial charge in [-0.2, -0.15) is 0 Å². The first-order valence-corrected chi connectivity index (χ1v) is 3.74. The Morgan fingerprint density at radius 2 is 2.55 bits per heavy atom. The highest BCUT2D eigenvalue weighted by molar-refractivity contribution is 5.85. The van der Waals surface area contributed by atoms with Gasteiger partial charge in [0.15, 0.2) is 0 Å².